The number of aryl methyl sites for hydroxylation is 1. The highest BCUT2D eigenvalue weighted by Gasteiger charge is 2.32. The highest BCUT2D eigenvalue weighted by Crippen LogP contribution is 2.34. The molecule has 1 amide bonds. The summed E-state index contributed by atoms with van der Waals surface area (Å²) >= 11 is 7.77. The Morgan fingerprint density at radius 1 is 1.08 bits per heavy atom. The number of nitrogens with one attached hydrogen (secondary N) is 4. The van der Waals surface area contributed by atoms with Gasteiger partial charge in [-0.15, -0.1) is 0 Å². The summed E-state index contributed by atoms with van der Waals surface area (Å²) in [5.74, 6) is -0.0341. The number of halogens is 1. The molecule has 0 fully saturated rings. The summed E-state index contributed by atoms with van der Waals surface area (Å²) in [6, 6.07) is 14.4. The van der Waals surface area contributed by atoms with Gasteiger partial charge in [-0.1, -0.05) is 61.1 Å². The van der Waals surface area contributed by atoms with Gasteiger partial charge in [0.25, 0.3) is 5.91 Å². The summed E-state index contributed by atoms with van der Waals surface area (Å²) < 4.78 is 6.57. The van der Waals surface area contributed by atoms with E-state index in [0.717, 1.165) is 15.9 Å². The molecule has 1 aliphatic rings. The van der Waals surface area contributed by atoms with E-state index < -0.39 is 6.04 Å². The van der Waals surface area contributed by atoms with Crippen molar-refractivity contribution in [2.75, 3.05) is 10.6 Å². The number of aliphatic imine (C=N–C) groups is 1. The van der Waals surface area contributed by atoms with Gasteiger partial charge >= 0.3 is 6.01 Å². The largest absolute Gasteiger partial charge is 0.434 e. The number of para-hydroxylation sites is 1. The Morgan fingerprint density at radius 2 is 1.87 bits per heavy atom. The van der Waals surface area contributed by atoms with E-state index in [9.17, 15) is 4.79 Å². The fourth-order valence-corrected chi connectivity index (χ4v) is 4.65. The van der Waals surface area contributed by atoms with Crippen LogP contribution >= 0.6 is 22.9 Å². The molecule has 196 valence electrons. The molecule has 4 N–H and O–H groups in total. The fourth-order valence-electron chi connectivity index (χ4n) is 3.60. The minimum atomic E-state index is -0.774. The maximum Gasteiger partial charge on any atom is 0.301 e. The molecule has 5 rings (SSSR count). The van der Waals surface area contributed by atoms with E-state index >= 15 is 0 Å². The fraction of sp³-hybridized carbons (Fsp3) is 0.192. The average Bonchev–Trinajstić information content (AvgIpc) is 3.53. The monoisotopic (exact) mass is 550 g/mol. The molecule has 4 aromatic rings. The van der Waals surface area contributed by atoms with Crippen molar-refractivity contribution in [1.82, 2.24) is 25.5 Å². The number of amides is 1. The van der Waals surface area contributed by atoms with Crippen molar-refractivity contribution in [3.8, 4) is 0 Å². The van der Waals surface area contributed by atoms with Gasteiger partial charge in [-0.05, 0) is 38.1 Å². The van der Waals surface area contributed by atoms with Gasteiger partial charge in [-0.3, -0.25) is 20.5 Å². The van der Waals surface area contributed by atoms with Crippen molar-refractivity contribution in [3.05, 3.63) is 88.7 Å². The molecule has 1 aromatic carbocycles. The van der Waals surface area contributed by atoms with E-state index in [0.29, 0.717) is 33.1 Å². The van der Waals surface area contributed by atoms with E-state index in [2.05, 4.69) is 36.1 Å². The topological polar surface area (TPSA) is 133 Å². The number of anilines is 2. The number of H-pyrrole nitrogens is 1. The summed E-state index contributed by atoms with van der Waals surface area (Å²) in [6.45, 7) is 7.63. The summed E-state index contributed by atoms with van der Waals surface area (Å²) in [6.07, 6.45) is 2.97. The summed E-state index contributed by atoms with van der Waals surface area (Å²) in [7, 11) is 0. The second-order valence-corrected chi connectivity index (χ2v) is 9.24. The lowest BCUT2D eigenvalue weighted by molar-refractivity contribution is -0.113. The van der Waals surface area contributed by atoms with Crippen LogP contribution in [0, 0.1) is 6.92 Å². The highest BCUT2D eigenvalue weighted by molar-refractivity contribution is 7.22. The summed E-state index contributed by atoms with van der Waals surface area (Å²) in [5, 5.41) is 16.8. The van der Waals surface area contributed by atoms with Crippen LogP contribution in [0.1, 0.15) is 38.2 Å². The lowest BCUT2D eigenvalue weighted by Gasteiger charge is -2.25. The van der Waals surface area contributed by atoms with Crippen LogP contribution < -0.4 is 16.0 Å². The predicted molar refractivity (Wildman–Crippen MR) is 152 cm³/mol. The Kier molecular flexibility index (Phi) is 8.72. The number of rotatable bonds is 4. The number of nitrogens with zero attached hydrogens (tertiary/aromatic N) is 4. The SMILES string of the molecule is CC.CC1=C(C(=O)Nc2nc3ccccc3s2)C(c2[nH]ncc2Cl)N=C(Nc2nc(C)ccccco2)N1. The van der Waals surface area contributed by atoms with Crippen LogP contribution in [0.3, 0.4) is 0 Å². The van der Waals surface area contributed by atoms with Crippen LogP contribution in [0.2, 0.25) is 5.02 Å². The predicted octanol–water partition coefficient (Wildman–Crippen LogP) is 6.14. The number of thiazole rings is 1. The lowest BCUT2D eigenvalue weighted by Crippen LogP contribution is -2.37. The zero-order valence-electron chi connectivity index (χ0n) is 21.2. The number of benzene rings is 1. The van der Waals surface area contributed by atoms with Crippen molar-refractivity contribution < 1.29 is 9.21 Å². The molecule has 0 aliphatic carbocycles. The number of aromatic amines is 1. The Morgan fingerprint density at radius 3 is 2.63 bits per heavy atom. The van der Waals surface area contributed by atoms with Crippen molar-refractivity contribution in [3.63, 3.8) is 0 Å². The van der Waals surface area contributed by atoms with Crippen molar-refractivity contribution >= 4 is 56.2 Å². The van der Waals surface area contributed by atoms with Gasteiger partial charge in [0, 0.05) is 11.4 Å². The minimum Gasteiger partial charge on any atom is -0.434 e. The first-order valence-electron chi connectivity index (χ1n) is 11.9. The molecule has 10 nitrogen and oxygen atoms in total. The zero-order chi connectivity index (χ0) is 27.1. The van der Waals surface area contributed by atoms with E-state index in [4.69, 9.17) is 21.0 Å². The Bertz CT molecular complexity index is 1520. The molecule has 1 aliphatic heterocycles. The van der Waals surface area contributed by atoms with E-state index in [1.165, 1.54) is 23.8 Å². The molecule has 1 unspecified atom stereocenters. The maximum atomic E-state index is 13.5. The number of guanidine groups is 1. The number of carbonyl (C=O) groups is 1. The van der Waals surface area contributed by atoms with Gasteiger partial charge in [0.05, 0.1) is 39.0 Å². The van der Waals surface area contributed by atoms with Crippen molar-refractivity contribution in [2.45, 2.75) is 33.7 Å². The first kappa shape index (κ1) is 26.8. The molecule has 0 saturated heterocycles. The van der Waals surface area contributed by atoms with Gasteiger partial charge in [0.1, 0.15) is 6.04 Å². The van der Waals surface area contributed by atoms with Crippen LogP contribution in [0.25, 0.3) is 10.2 Å². The third-order valence-corrected chi connectivity index (χ3v) is 6.47. The van der Waals surface area contributed by atoms with Gasteiger partial charge in [-0.2, -0.15) is 5.10 Å². The van der Waals surface area contributed by atoms with E-state index in [1.54, 1.807) is 13.0 Å². The van der Waals surface area contributed by atoms with Crippen LogP contribution in [-0.2, 0) is 4.79 Å². The molecule has 0 bridgehead atoms. The van der Waals surface area contributed by atoms with E-state index in [1.807, 2.05) is 63.2 Å². The molecule has 0 saturated carbocycles. The molecule has 0 radical (unpaired) electrons. The van der Waals surface area contributed by atoms with Gasteiger partial charge in [-0.25, -0.2) is 15.0 Å². The van der Waals surface area contributed by atoms with Crippen molar-refractivity contribution in [1.29, 1.82) is 0 Å². The maximum absolute atomic E-state index is 13.5. The molecule has 4 heterocycles. The molecule has 12 heteroatoms. The van der Waals surface area contributed by atoms with Crippen LogP contribution in [0.5, 0.6) is 0 Å². The number of hydrogen-bond acceptors (Lipinski definition) is 9. The Balaban J connectivity index is 0.00000164. The second-order valence-electron chi connectivity index (χ2n) is 7.80. The minimum absolute atomic E-state index is 0.208. The standard InChI is InChI=1S/C24H21ClN8O2S.C2H6/c1-13-8-4-3-7-11-35-23(27-13)32-22-28-14(2)18(20(30-22)19-15(25)12-26-33-19)21(34)31-24-29-16-9-5-6-10-17(16)36-24;1-2/h3-12,20H,1-2H3,(H,26,33)(H,29,31,34)(H2,27,28,30,32);1-2H3. The highest BCUT2D eigenvalue weighted by atomic mass is 35.5. The first-order chi connectivity index (χ1) is 18.5. The van der Waals surface area contributed by atoms with E-state index in [-0.39, 0.29) is 11.9 Å². The zero-order valence-corrected chi connectivity index (χ0v) is 22.8. The van der Waals surface area contributed by atoms with Crippen LogP contribution in [0.15, 0.2) is 81.7 Å². The Hall–Kier alpha value is -4.22. The second kappa shape index (κ2) is 12.3. The number of carbonyl (C=O) groups excluding carboxylic acids is 1. The molecule has 0 spiro atoms. The molecule has 3 aromatic heterocycles. The van der Waals surface area contributed by atoms with Crippen LogP contribution in [0.4, 0.5) is 11.1 Å². The molecule has 38 heavy (non-hydrogen) atoms. The molecular formula is C26H27ClN8O2S. The van der Waals surface area contributed by atoms with Gasteiger partial charge in [0.2, 0.25) is 5.96 Å². The third kappa shape index (κ3) is 6.18. The third-order valence-electron chi connectivity index (χ3n) is 5.22. The van der Waals surface area contributed by atoms with Gasteiger partial charge < -0.3 is 9.73 Å². The number of fused-ring (bicyclic) bond motifs is 1. The first-order valence-corrected chi connectivity index (χ1v) is 13.1. The summed E-state index contributed by atoms with van der Waals surface area (Å²) in [4.78, 5) is 27.1. The smallest absolute Gasteiger partial charge is 0.301 e. The molecular weight excluding hydrogens is 524 g/mol. The summed E-state index contributed by atoms with van der Waals surface area (Å²) in [5.41, 5.74) is 2.94. The van der Waals surface area contributed by atoms with Crippen molar-refractivity contribution in [2.24, 2.45) is 4.99 Å². The normalized spacial score (nSPS) is 14.6. The number of allylic oxidation sites excluding steroid dienone is 1. The average molecular weight is 551 g/mol. The lowest BCUT2D eigenvalue weighted by atomic mass is 10.00. The number of hydrogen-bond donors (Lipinski definition) is 4. The van der Waals surface area contributed by atoms with Gasteiger partial charge in [0.15, 0.2) is 5.13 Å². The quantitative estimate of drug-likeness (QED) is 0.239. The van der Waals surface area contributed by atoms with Crippen LogP contribution in [-0.4, -0.2) is 32.0 Å². The molecule has 1 atom stereocenters. The number of aromatic nitrogens is 4. The Labute approximate surface area is 228 Å².